The molecule has 0 bridgehead atoms. The number of halogens is 1. The van der Waals surface area contributed by atoms with E-state index in [0.717, 1.165) is 35.8 Å². The standard InChI is InChI=1S/C15H23ClN2O2/c1-10(17)7-11-12(16)5-4-6-13(11)18-8-14(19-2)15(9-18)20-3/h4-6,10,14-15H,7-9,17H2,1-3H3. The van der Waals surface area contributed by atoms with E-state index in [1.807, 2.05) is 19.1 Å². The molecule has 3 unspecified atom stereocenters. The molecular weight excluding hydrogens is 276 g/mol. The summed E-state index contributed by atoms with van der Waals surface area (Å²) in [6, 6.07) is 6.06. The van der Waals surface area contributed by atoms with Crippen molar-refractivity contribution in [3.63, 3.8) is 0 Å². The molecule has 2 rings (SSSR count). The molecule has 1 fully saturated rings. The van der Waals surface area contributed by atoms with Crippen LogP contribution in [-0.4, -0.2) is 45.6 Å². The fourth-order valence-electron chi connectivity index (χ4n) is 2.76. The zero-order valence-electron chi connectivity index (χ0n) is 12.3. The van der Waals surface area contributed by atoms with Crippen LogP contribution in [0.4, 0.5) is 5.69 Å². The van der Waals surface area contributed by atoms with Gasteiger partial charge >= 0.3 is 0 Å². The SMILES string of the molecule is COC1CN(c2cccc(Cl)c2CC(C)N)CC1OC. The highest BCUT2D eigenvalue weighted by atomic mass is 35.5. The van der Waals surface area contributed by atoms with E-state index in [0.29, 0.717) is 0 Å². The number of hydrogen-bond acceptors (Lipinski definition) is 4. The normalized spacial score (nSPS) is 24.1. The molecule has 0 spiro atoms. The fraction of sp³-hybridized carbons (Fsp3) is 0.600. The van der Waals surface area contributed by atoms with E-state index >= 15 is 0 Å². The first-order valence-corrected chi connectivity index (χ1v) is 7.28. The first-order chi connectivity index (χ1) is 9.56. The maximum atomic E-state index is 6.35. The van der Waals surface area contributed by atoms with Crippen LogP contribution in [0, 0.1) is 0 Å². The van der Waals surface area contributed by atoms with E-state index in [-0.39, 0.29) is 18.2 Å². The third kappa shape index (κ3) is 3.26. The molecule has 0 amide bonds. The minimum absolute atomic E-state index is 0.0766. The summed E-state index contributed by atoms with van der Waals surface area (Å²) in [6.45, 7) is 3.61. The van der Waals surface area contributed by atoms with Crippen molar-refractivity contribution < 1.29 is 9.47 Å². The summed E-state index contributed by atoms with van der Waals surface area (Å²) in [5, 5.41) is 0.773. The van der Waals surface area contributed by atoms with Gasteiger partial charge < -0.3 is 20.1 Å². The Morgan fingerprint density at radius 1 is 1.30 bits per heavy atom. The van der Waals surface area contributed by atoms with Crippen LogP contribution >= 0.6 is 11.6 Å². The number of nitrogens with two attached hydrogens (primary N) is 1. The summed E-state index contributed by atoms with van der Waals surface area (Å²) < 4.78 is 11.0. The van der Waals surface area contributed by atoms with Crippen molar-refractivity contribution in [1.29, 1.82) is 0 Å². The smallest absolute Gasteiger partial charge is 0.102 e. The molecule has 0 saturated carbocycles. The number of benzene rings is 1. The largest absolute Gasteiger partial charge is 0.377 e. The Hall–Kier alpha value is -0.810. The fourth-order valence-corrected chi connectivity index (χ4v) is 3.01. The van der Waals surface area contributed by atoms with Gasteiger partial charge in [0.1, 0.15) is 12.2 Å². The minimum Gasteiger partial charge on any atom is -0.377 e. The van der Waals surface area contributed by atoms with Crippen LogP contribution in [0.3, 0.4) is 0 Å². The Morgan fingerprint density at radius 2 is 1.90 bits per heavy atom. The average Bonchev–Trinajstić information content (AvgIpc) is 2.83. The van der Waals surface area contributed by atoms with Crippen molar-refractivity contribution in [1.82, 2.24) is 0 Å². The van der Waals surface area contributed by atoms with Gasteiger partial charge in [0.25, 0.3) is 0 Å². The number of ether oxygens (including phenoxy) is 2. The maximum absolute atomic E-state index is 6.35. The van der Waals surface area contributed by atoms with E-state index < -0.39 is 0 Å². The van der Waals surface area contributed by atoms with Crippen molar-refractivity contribution >= 4 is 17.3 Å². The lowest BCUT2D eigenvalue weighted by Crippen LogP contribution is -2.27. The predicted molar refractivity (Wildman–Crippen MR) is 82.6 cm³/mol. The Balaban J connectivity index is 2.27. The van der Waals surface area contributed by atoms with Gasteiger partial charge in [-0.05, 0) is 31.0 Å². The zero-order chi connectivity index (χ0) is 14.7. The van der Waals surface area contributed by atoms with Crippen molar-refractivity contribution in [2.75, 3.05) is 32.2 Å². The zero-order valence-corrected chi connectivity index (χ0v) is 13.1. The monoisotopic (exact) mass is 298 g/mol. The van der Waals surface area contributed by atoms with Gasteiger partial charge in [-0.2, -0.15) is 0 Å². The first kappa shape index (κ1) is 15.6. The van der Waals surface area contributed by atoms with Crippen LogP contribution in [0.15, 0.2) is 18.2 Å². The van der Waals surface area contributed by atoms with Crippen LogP contribution in [0.2, 0.25) is 5.02 Å². The lowest BCUT2D eigenvalue weighted by atomic mass is 10.0. The molecule has 1 aliphatic heterocycles. The van der Waals surface area contributed by atoms with Crippen molar-refractivity contribution in [3.05, 3.63) is 28.8 Å². The summed E-state index contributed by atoms with van der Waals surface area (Å²) in [5.74, 6) is 0. The molecule has 0 aliphatic carbocycles. The number of anilines is 1. The van der Waals surface area contributed by atoms with Gasteiger partial charge in [-0.1, -0.05) is 17.7 Å². The maximum Gasteiger partial charge on any atom is 0.102 e. The topological polar surface area (TPSA) is 47.7 Å². The number of nitrogens with zero attached hydrogens (tertiary/aromatic N) is 1. The Bertz CT molecular complexity index is 441. The molecule has 1 heterocycles. The van der Waals surface area contributed by atoms with Gasteiger partial charge in [0, 0.05) is 44.1 Å². The lowest BCUT2D eigenvalue weighted by Gasteiger charge is -2.23. The average molecular weight is 299 g/mol. The highest BCUT2D eigenvalue weighted by Gasteiger charge is 2.34. The molecule has 3 atom stereocenters. The molecule has 4 nitrogen and oxygen atoms in total. The second kappa shape index (κ2) is 6.76. The minimum atomic E-state index is 0.0766. The van der Waals surface area contributed by atoms with E-state index in [9.17, 15) is 0 Å². The molecule has 20 heavy (non-hydrogen) atoms. The van der Waals surface area contributed by atoms with Crippen molar-refractivity contribution in [3.8, 4) is 0 Å². The molecule has 2 N–H and O–H groups in total. The summed E-state index contributed by atoms with van der Waals surface area (Å²) in [4.78, 5) is 2.27. The van der Waals surface area contributed by atoms with E-state index in [4.69, 9.17) is 26.8 Å². The predicted octanol–water partition coefficient (Wildman–Crippen LogP) is 2.08. The van der Waals surface area contributed by atoms with Gasteiger partial charge in [0.05, 0.1) is 0 Å². The van der Waals surface area contributed by atoms with Crippen molar-refractivity contribution in [2.45, 2.75) is 31.6 Å². The summed E-state index contributed by atoms with van der Waals surface area (Å²) in [5.41, 5.74) is 8.18. The van der Waals surface area contributed by atoms with Gasteiger partial charge in [-0.25, -0.2) is 0 Å². The third-order valence-corrected chi connectivity index (χ3v) is 4.14. The van der Waals surface area contributed by atoms with E-state index in [1.54, 1.807) is 14.2 Å². The quantitative estimate of drug-likeness (QED) is 0.904. The van der Waals surface area contributed by atoms with Crippen molar-refractivity contribution in [2.24, 2.45) is 5.73 Å². The molecule has 0 aromatic heterocycles. The molecule has 0 radical (unpaired) electrons. The second-order valence-electron chi connectivity index (χ2n) is 5.37. The van der Waals surface area contributed by atoms with E-state index in [1.165, 1.54) is 0 Å². The molecule has 5 heteroatoms. The molecule has 1 saturated heterocycles. The van der Waals surface area contributed by atoms with Gasteiger partial charge in [0.2, 0.25) is 0 Å². The Kier molecular flexibility index (Phi) is 5.27. The third-order valence-electron chi connectivity index (χ3n) is 3.78. The van der Waals surface area contributed by atoms with Gasteiger partial charge in [-0.15, -0.1) is 0 Å². The van der Waals surface area contributed by atoms with E-state index in [2.05, 4.69) is 11.0 Å². The highest BCUT2D eigenvalue weighted by molar-refractivity contribution is 6.31. The van der Waals surface area contributed by atoms with Crippen LogP contribution in [-0.2, 0) is 15.9 Å². The molecular formula is C15H23ClN2O2. The summed E-state index contributed by atoms with van der Waals surface area (Å²) in [7, 11) is 3.45. The lowest BCUT2D eigenvalue weighted by molar-refractivity contribution is -0.00461. The highest BCUT2D eigenvalue weighted by Crippen LogP contribution is 2.32. The van der Waals surface area contributed by atoms with Crippen LogP contribution in [0.1, 0.15) is 12.5 Å². The number of methoxy groups -OCH3 is 2. The Labute approximate surface area is 125 Å². The molecule has 112 valence electrons. The van der Waals surface area contributed by atoms with Crippen LogP contribution in [0.5, 0.6) is 0 Å². The second-order valence-corrected chi connectivity index (χ2v) is 5.78. The first-order valence-electron chi connectivity index (χ1n) is 6.90. The summed E-state index contributed by atoms with van der Waals surface area (Å²) in [6.07, 6.45) is 0.935. The van der Waals surface area contributed by atoms with Gasteiger partial charge in [0.15, 0.2) is 0 Å². The number of hydrogen-bond donors (Lipinski definition) is 1. The molecule has 1 aromatic carbocycles. The van der Waals surface area contributed by atoms with Crippen LogP contribution in [0.25, 0.3) is 0 Å². The number of rotatable bonds is 5. The van der Waals surface area contributed by atoms with Crippen LogP contribution < -0.4 is 10.6 Å². The van der Waals surface area contributed by atoms with Gasteiger partial charge in [-0.3, -0.25) is 0 Å². The molecule has 1 aromatic rings. The summed E-state index contributed by atoms with van der Waals surface area (Å²) >= 11 is 6.35. The molecule has 1 aliphatic rings. The Morgan fingerprint density at radius 3 is 2.40 bits per heavy atom.